The summed E-state index contributed by atoms with van der Waals surface area (Å²) in [6, 6.07) is 5.75. The van der Waals surface area contributed by atoms with E-state index in [0.29, 0.717) is 26.2 Å². The van der Waals surface area contributed by atoms with Crippen LogP contribution in [-0.4, -0.2) is 61.9 Å². The lowest BCUT2D eigenvalue weighted by Crippen LogP contribution is -2.52. The highest BCUT2D eigenvalue weighted by atomic mass is 32.2. The van der Waals surface area contributed by atoms with Crippen molar-refractivity contribution >= 4 is 15.7 Å². The predicted molar refractivity (Wildman–Crippen MR) is 91.4 cm³/mol. The molecule has 0 radical (unpaired) electrons. The van der Waals surface area contributed by atoms with Gasteiger partial charge in [0.15, 0.2) is 0 Å². The molecule has 1 saturated heterocycles. The van der Waals surface area contributed by atoms with Gasteiger partial charge in [-0.2, -0.15) is 18.4 Å². The monoisotopic (exact) mass is 403 g/mol. The molecule has 0 N–H and O–H groups in total. The minimum Gasteiger partial charge on any atom is -0.336 e. The molecule has 148 valence electrons. The summed E-state index contributed by atoms with van der Waals surface area (Å²) in [6.45, 7) is 5.69. The van der Waals surface area contributed by atoms with E-state index >= 15 is 0 Å². The standard InChI is InChI=1S/C17H20F3N3O3S/c1-12(2)15(11-21)22-7-9-23(10-8-22)16(24)13-3-5-14(6-4-13)27(25,26)17(18,19)20/h3-6,12,15H,7-10H2,1-2H3. The largest absolute Gasteiger partial charge is 0.501 e. The molecule has 1 amide bonds. The Hall–Kier alpha value is -2.12. The second-order valence-corrected chi connectivity index (χ2v) is 8.56. The minimum absolute atomic E-state index is 0.116. The molecule has 1 aliphatic heterocycles. The number of hydrogen-bond acceptors (Lipinski definition) is 5. The van der Waals surface area contributed by atoms with Gasteiger partial charge in [-0.05, 0) is 30.2 Å². The number of nitriles is 1. The van der Waals surface area contributed by atoms with Crippen LogP contribution in [0.15, 0.2) is 29.2 Å². The summed E-state index contributed by atoms with van der Waals surface area (Å²) in [7, 11) is -5.43. The van der Waals surface area contributed by atoms with Gasteiger partial charge in [-0.3, -0.25) is 9.69 Å². The molecule has 1 unspecified atom stereocenters. The molecule has 2 rings (SSSR count). The molecule has 0 aromatic heterocycles. The molecule has 0 aliphatic carbocycles. The van der Waals surface area contributed by atoms with Crippen molar-refractivity contribution in [1.82, 2.24) is 9.80 Å². The minimum atomic E-state index is -5.43. The van der Waals surface area contributed by atoms with Gasteiger partial charge in [0.2, 0.25) is 0 Å². The highest BCUT2D eigenvalue weighted by molar-refractivity contribution is 7.92. The Morgan fingerprint density at radius 3 is 2.04 bits per heavy atom. The van der Waals surface area contributed by atoms with E-state index < -0.39 is 20.2 Å². The van der Waals surface area contributed by atoms with Crippen molar-refractivity contribution in [2.75, 3.05) is 26.2 Å². The first-order chi connectivity index (χ1) is 12.5. The molecule has 1 aromatic carbocycles. The fourth-order valence-corrected chi connectivity index (χ4v) is 3.71. The van der Waals surface area contributed by atoms with E-state index in [9.17, 15) is 31.6 Å². The SMILES string of the molecule is CC(C)C(C#N)N1CCN(C(=O)c2ccc(S(=O)(=O)C(F)(F)F)cc2)CC1. The fourth-order valence-electron chi connectivity index (χ4n) is 2.95. The van der Waals surface area contributed by atoms with Gasteiger partial charge in [-0.1, -0.05) is 13.8 Å². The van der Waals surface area contributed by atoms with Crippen LogP contribution in [0.2, 0.25) is 0 Å². The van der Waals surface area contributed by atoms with E-state index in [4.69, 9.17) is 0 Å². The molecule has 1 aliphatic rings. The van der Waals surface area contributed by atoms with Crippen molar-refractivity contribution in [3.63, 3.8) is 0 Å². The lowest BCUT2D eigenvalue weighted by atomic mass is 10.0. The van der Waals surface area contributed by atoms with Crippen molar-refractivity contribution < 1.29 is 26.4 Å². The zero-order valence-corrected chi connectivity index (χ0v) is 15.7. The molecule has 1 aromatic rings. The van der Waals surface area contributed by atoms with Crippen molar-refractivity contribution in [3.8, 4) is 6.07 Å². The summed E-state index contributed by atoms with van der Waals surface area (Å²) in [5, 5.41) is 9.25. The number of rotatable bonds is 4. The number of alkyl halides is 3. The smallest absolute Gasteiger partial charge is 0.336 e. The molecular weight excluding hydrogens is 383 g/mol. The van der Waals surface area contributed by atoms with Crippen LogP contribution >= 0.6 is 0 Å². The van der Waals surface area contributed by atoms with Gasteiger partial charge in [0, 0.05) is 31.7 Å². The first-order valence-corrected chi connectivity index (χ1v) is 9.81. The van der Waals surface area contributed by atoms with Crippen molar-refractivity contribution in [1.29, 1.82) is 5.26 Å². The molecule has 1 atom stereocenters. The van der Waals surface area contributed by atoms with E-state index in [2.05, 4.69) is 6.07 Å². The summed E-state index contributed by atoms with van der Waals surface area (Å²) < 4.78 is 60.4. The van der Waals surface area contributed by atoms with Crippen molar-refractivity contribution in [3.05, 3.63) is 29.8 Å². The molecular formula is C17H20F3N3O3S. The van der Waals surface area contributed by atoms with Gasteiger partial charge >= 0.3 is 5.51 Å². The third-order valence-corrected chi connectivity index (χ3v) is 5.98. The summed E-state index contributed by atoms with van der Waals surface area (Å²) in [6.07, 6.45) is 0. The second kappa shape index (κ2) is 7.86. The molecule has 0 spiro atoms. The third-order valence-electron chi connectivity index (χ3n) is 4.47. The first kappa shape index (κ1) is 21.2. The number of piperazine rings is 1. The van der Waals surface area contributed by atoms with Crippen LogP contribution in [0.5, 0.6) is 0 Å². The van der Waals surface area contributed by atoms with Crippen LogP contribution in [0.1, 0.15) is 24.2 Å². The Morgan fingerprint density at radius 2 is 1.63 bits per heavy atom. The highest BCUT2D eigenvalue weighted by Gasteiger charge is 2.46. The molecule has 0 bridgehead atoms. The van der Waals surface area contributed by atoms with Gasteiger partial charge in [0.1, 0.15) is 6.04 Å². The average molecular weight is 403 g/mol. The second-order valence-electron chi connectivity index (χ2n) is 6.62. The number of carbonyl (C=O) groups is 1. The first-order valence-electron chi connectivity index (χ1n) is 8.33. The molecule has 1 fully saturated rings. The Bertz CT molecular complexity index is 822. The van der Waals surface area contributed by atoms with Crippen LogP contribution < -0.4 is 0 Å². The number of benzene rings is 1. The molecule has 6 nitrogen and oxygen atoms in total. The fraction of sp³-hybridized carbons (Fsp3) is 0.529. The van der Waals surface area contributed by atoms with Crippen LogP contribution in [0, 0.1) is 17.2 Å². The zero-order chi connectivity index (χ0) is 20.4. The van der Waals surface area contributed by atoms with Crippen LogP contribution in [0.3, 0.4) is 0 Å². The van der Waals surface area contributed by atoms with Gasteiger partial charge in [-0.15, -0.1) is 0 Å². The maximum absolute atomic E-state index is 12.6. The average Bonchev–Trinajstić information content (AvgIpc) is 2.61. The highest BCUT2D eigenvalue weighted by Crippen LogP contribution is 2.30. The zero-order valence-electron chi connectivity index (χ0n) is 14.9. The molecule has 1 heterocycles. The number of nitrogens with zero attached hydrogens (tertiary/aromatic N) is 3. The summed E-state index contributed by atoms with van der Waals surface area (Å²) in [5.41, 5.74) is -5.27. The van der Waals surface area contributed by atoms with Crippen LogP contribution in [0.25, 0.3) is 0 Å². The maximum atomic E-state index is 12.6. The molecule has 0 saturated carbocycles. The Labute approximate surface area is 156 Å². The summed E-state index contributed by atoms with van der Waals surface area (Å²) in [4.78, 5) is 15.1. The maximum Gasteiger partial charge on any atom is 0.501 e. The lowest BCUT2D eigenvalue weighted by molar-refractivity contribution is -0.0436. The Kier molecular flexibility index (Phi) is 6.17. The normalized spacial score (nSPS) is 17.6. The Balaban J connectivity index is 2.07. The van der Waals surface area contributed by atoms with E-state index in [-0.39, 0.29) is 23.4 Å². The quantitative estimate of drug-likeness (QED) is 0.771. The van der Waals surface area contributed by atoms with E-state index in [1.165, 1.54) is 0 Å². The van der Waals surface area contributed by atoms with Crippen molar-refractivity contribution in [2.24, 2.45) is 5.92 Å². The van der Waals surface area contributed by atoms with Crippen LogP contribution in [-0.2, 0) is 9.84 Å². The number of sulfone groups is 1. The van der Waals surface area contributed by atoms with Crippen molar-refractivity contribution in [2.45, 2.75) is 30.3 Å². The van der Waals surface area contributed by atoms with Gasteiger partial charge in [0.25, 0.3) is 15.7 Å². The summed E-state index contributed by atoms with van der Waals surface area (Å²) >= 11 is 0. The van der Waals surface area contributed by atoms with E-state index in [1.807, 2.05) is 18.7 Å². The number of halogens is 3. The molecule has 10 heteroatoms. The third kappa shape index (κ3) is 4.42. The lowest BCUT2D eigenvalue weighted by Gasteiger charge is -2.38. The number of hydrogen-bond donors (Lipinski definition) is 0. The number of amides is 1. The van der Waals surface area contributed by atoms with Gasteiger partial charge < -0.3 is 4.90 Å². The topological polar surface area (TPSA) is 81.5 Å². The number of carbonyl (C=O) groups excluding carboxylic acids is 1. The van der Waals surface area contributed by atoms with E-state index in [0.717, 1.165) is 24.3 Å². The predicted octanol–water partition coefficient (Wildman–Crippen LogP) is 2.29. The van der Waals surface area contributed by atoms with Crippen LogP contribution in [0.4, 0.5) is 13.2 Å². The van der Waals surface area contributed by atoms with Gasteiger partial charge in [-0.25, -0.2) is 8.42 Å². The molecule has 27 heavy (non-hydrogen) atoms. The Morgan fingerprint density at radius 1 is 1.11 bits per heavy atom. The van der Waals surface area contributed by atoms with Gasteiger partial charge in [0.05, 0.1) is 11.0 Å². The summed E-state index contributed by atoms with van der Waals surface area (Å²) in [5.74, 6) is -0.232. The van der Waals surface area contributed by atoms with E-state index in [1.54, 1.807) is 4.90 Å².